The second-order valence-corrected chi connectivity index (χ2v) is 6.58. The van der Waals surface area contributed by atoms with Gasteiger partial charge in [0, 0.05) is 19.1 Å². The molecule has 0 saturated carbocycles. The molecule has 100 valence electrons. The zero-order chi connectivity index (χ0) is 13.3. The predicted octanol–water partition coefficient (Wildman–Crippen LogP) is 1.25. The Hall–Kier alpha value is -0.980. The quantitative estimate of drug-likeness (QED) is 0.881. The fourth-order valence-electron chi connectivity index (χ4n) is 2.23. The average Bonchev–Trinajstić information content (AvgIpc) is 2.28. The monoisotopic (exact) mass is 272 g/mol. The van der Waals surface area contributed by atoms with Crippen LogP contribution in [0.4, 0.5) is 4.39 Å². The zero-order valence-electron chi connectivity index (χ0n) is 10.3. The second-order valence-electron chi connectivity index (χ2n) is 4.68. The van der Waals surface area contributed by atoms with Crippen molar-refractivity contribution < 1.29 is 12.8 Å². The van der Waals surface area contributed by atoms with Gasteiger partial charge >= 0.3 is 0 Å². The van der Waals surface area contributed by atoms with Crippen LogP contribution >= 0.6 is 0 Å². The van der Waals surface area contributed by atoms with E-state index in [0.717, 1.165) is 12.8 Å². The molecule has 1 unspecified atom stereocenters. The first-order valence-electron chi connectivity index (χ1n) is 5.93. The number of hydrogen-bond donors (Lipinski definition) is 1. The fraction of sp³-hybridized carbons (Fsp3) is 0.500. The molecule has 1 aromatic rings. The molecule has 0 spiro atoms. The molecule has 0 radical (unpaired) electrons. The van der Waals surface area contributed by atoms with Crippen molar-refractivity contribution in [1.82, 2.24) is 4.31 Å². The van der Waals surface area contributed by atoms with Gasteiger partial charge in [-0.2, -0.15) is 4.31 Å². The molecule has 2 rings (SSSR count). The molecular formula is C12H17FN2O2S. The molecule has 0 aliphatic carbocycles. The van der Waals surface area contributed by atoms with E-state index in [0.29, 0.717) is 18.7 Å². The molecule has 2 N–H and O–H groups in total. The van der Waals surface area contributed by atoms with Gasteiger partial charge in [-0.3, -0.25) is 0 Å². The summed E-state index contributed by atoms with van der Waals surface area (Å²) in [6.07, 6.45) is 1.61. The SMILES string of the molecule is Cc1cc(F)ccc1S(=O)(=O)N1CCCC(N)C1. The van der Waals surface area contributed by atoms with Crippen LogP contribution in [0.25, 0.3) is 0 Å². The number of nitrogens with zero attached hydrogens (tertiary/aromatic N) is 1. The van der Waals surface area contributed by atoms with Gasteiger partial charge in [0.1, 0.15) is 5.82 Å². The van der Waals surface area contributed by atoms with Crippen LogP contribution in [0.1, 0.15) is 18.4 Å². The number of rotatable bonds is 2. The Bertz CT molecular complexity index is 545. The van der Waals surface area contributed by atoms with E-state index in [1.54, 1.807) is 6.92 Å². The van der Waals surface area contributed by atoms with E-state index in [-0.39, 0.29) is 10.9 Å². The van der Waals surface area contributed by atoms with E-state index in [2.05, 4.69) is 0 Å². The lowest BCUT2D eigenvalue weighted by molar-refractivity contribution is 0.316. The van der Waals surface area contributed by atoms with Gasteiger partial charge in [0.05, 0.1) is 4.90 Å². The van der Waals surface area contributed by atoms with Gasteiger partial charge in [0.25, 0.3) is 0 Å². The molecule has 18 heavy (non-hydrogen) atoms. The van der Waals surface area contributed by atoms with Crippen molar-refractivity contribution in [3.05, 3.63) is 29.6 Å². The minimum atomic E-state index is -3.56. The Morgan fingerprint density at radius 3 is 2.78 bits per heavy atom. The summed E-state index contributed by atoms with van der Waals surface area (Å²) in [5.41, 5.74) is 6.22. The Labute approximate surface area is 107 Å². The molecule has 0 amide bonds. The van der Waals surface area contributed by atoms with Gasteiger partial charge in [-0.05, 0) is 43.5 Å². The smallest absolute Gasteiger partial charge is 0.243 e. The number of nitrogens with two attached hydrogens (primary N) is 1. The van der Waals surface area contributed by atoms with Crippen LogP contribution in [0.5, 0.6) is 0 Å². The molecule has 1 saturated heterocycles. The topological polar surface area (TPSA) is 63.4 Å². The van der Waals surface area contributed by atoms with Crippen molar-refractivity contribution in [3.63, 3.8) is 0 Å². The maximum atomic E-state index is 13.0. The molecule has 4 nitrogen and oxygen atoms in total. The number of hydrogen-bond acceptors (Lipinski definition) is 3. The van der Waals surface area contributed by atoms with E-state index in [1.807, 2.05) is 0 Å². The van der Waals surface area contributed by atoms with Gasteiger partial charge in [0.15, 0.2) is 0 Å². The van der Waals surface area contributed by atoms with Crippen LogP contribution in [0, 0.1) is 12.7 Å². The summed E-state index contributed by atoms with van der Waals surface area (Å²) in [6.45, 7) is 2.41. The first-order chi connectivity index (χ1) is 8.41. The van der Waals surface area contributed by atoms with Crippen LogP contribution in [0.15, 0.2) is 23.1 Å². The first kappa shape index (κ1) is 13.5. The van der Waals surface area contributed by atoms with Gasteiger partial charge < -0.3 is 5.73 Å². The third kappa shape index (κ3) is 2.55. The Morgan fingerprint density at radius 2 is 2.17 bits per heavy atom. The van der Waals surface area contributed by atoms with Crippen molar-refractivity contribution in [2.45, 2.75) is 30.7 Å². The Morgan fingerprint density at radius 1 is 1.44 bits per heavy atom. The van der Waals surface area contributed by atoms with Crippen molar-refractivity contribution in [3.8, 4) is 0 Å². The van der Waals surface area contributed by atoms with E-state index in [9.17, 15) is 12.8 Å². The summed E-state index contributed by atoms with van der Waals surface area (Å²) in [7, 11) is -3.56. The predicted molar refractivity (Wildman–Crippen MR) is 67.1 cm³/mol. The third-order valence-electron chi connectivity index (χ3n) is 3.18. The Kier molecular flexibility index (Phi) is 3.70. The van der Waals surface area contributed by atoms with Crippen LogP contribution in [-0.4, -0.2) is 31.9 Å². The highest BCUT2D eigenvalue weighted by Crippen LogP contribution is 2.23. The van der Waals surface area contributed by atoms with Gasteiger partial charge in [-0.25, -0.2) is 12.8 Å². The standard InChI is InChI=1S/C12H17FN2O2S/c1-9-7-10(13)4-5-12(9)18(16,17)15-6-2-3-11(14)8-15/h4-5,7,11H,2-3,6,8,14H2,1H3. The minimum absolute atomic E-state index is 0.116. The molecule has 1 atom stereocenters. The molecule has 0 bridgehead atoms. The first-order valence-corrected chi connectivity index (χ1v) is 7.37. The number of halogens is 1. The van der Waals surface area contributed by atoms with Crippen molar-refractivity contribution >= 4 is 10.0 Å². The van der Waals surface area contributed by atoms with Crippen LogP contribution in [-0.2, 0) is 10.0 Å². The van der Waals surface area contributed by atoms with E-state index < -0.39 is 15.8 Å². The maximum absolute atomic E-state index is 13.0. The maximum Gasteiger partial charge on any atom is 0.243 e. The number of sulfonamides is 1. The molecule has 1 heterocycles. The zero-order valence-corrected chi connectivity index (χ0v) is 11.1. The van der Waals surface area contributed by atoms with Crippen molar-refractivity contribution in [2.75, 3.05) is 13.1 Å². The molecule has 1 aliphatic heterocycles. The lowest BCUT2D eigenvalue weighted by Crippen LogP contribution is -2.45. The largest absolute Gasteiger partial charge is 0.327 e. The number of aryl methyl sites for hydroxylation is 1. The molecule has 1 aromatic carbocycles. The lowest BCUT2D eigenvalue weighted by atomic mass is 10.1. The highest BCUT2D eigenvalue weighted by molar-refractivity contribution is 7.89. The van der Waals surface area contributed by atoms with Crippen LogP contribution in [0.3, 0.4) is 0 Å². The fourth-order valence-corrected chi connectivity index (χ4v) is 3.97. The normalized spacial score (nSPS) is 22.1. The molecule has 0 aromatic heterocycles. The molecule has 6 heteroatoms. The highest BCUT2D eigenvalue weighted by atomic mass is 32.2. The summed E-state index contributed by atoms with van der Waals surface area (Å²) in [6, 6.07) is 3.61. The van der Waals surface area contributed by atoms with Crippen molar-refractivity contribution in [1.29, 1.82) is 0 Å². The summed E-state index contributed by atoms with van der Waals surface area (Å²) in [5, 5.41) is 0. The van der Waals surface area contributed by atoms with Crippen molar-refractivity contribution in [2.24, 2.45) is 5.73 Å². The summed E-state index contributed by atoms with van der Waals surface area (Å²) >= 11 is 0. The molecule has 1 aliphatic rings. The minimum Gasteiger partial charge on any atom is -0.327 e. The summed E-state index contributed by atoms with van der Waals surface area (Å²) in [5.74, 6) is -0.429. The highest BCUT2D eigenvalue weighted by Gasteiger charge is 2.29. The summed E-state index contributed by atoms with van der Waals surface area (Å²) in [4.78, 5) is 0.165. The second kappa shape index (κ2) is 4.95. The summed E-state index contributed by atoms with van der Waals surface area (Å²) < 4.78 is 39.2. The van der Waals surface area contributed by atoms with Gasteiger partial charge in [-0.15, -0.1) is 0 Å². The number of benzene rings is 1. The lowest BCUT2D eigenvalue weighted by Gasteiger charge is -2.30. The molecular weight excluding hydrogens is 255 g/mol. The molecule has 1 fully saturated rings. The van der Waals surface area contributed by atoms with Crippen LogP contribution < -0.4 is 5.73 Å². The van der Waals surface area contributed by atoms with Gasteiger partial charge in [-0.1, -0.05) is 0 Å². The number of piperidine rings is 1. The average molecular weight is 272 g/mol. The van der Waals surface area contributed by atoms with Crippen LogP contribution in [0.2, 0.25) is 0 Å². The van der Waals surface area contributed by atoms with E-state index in [1.165, 1.54) is 22.5 Å². The Balaban J connectivity index is 2.35. The third-order valence-corrected chi connectivity index (χ3v) is 5.20. The van der Waals surface area contributed by atoms with E-state index >= 15 is 0 Å². The van der Waals surface area contributed by atoms with E-state index in [4.69, 9.17) is 5.73 Å². The van der Waals surface area contributed by atoms with Gasteiger partial charge in [0.2, 0.25) is 10.0 Å².